The van der Waals surface area contributed by atoms with Gasteiger partial charge in [0, 0.05) is 31.2 Å². The third-order valence-corrected chi connectivity index (χ3v) is 4.14. The van der Waals surface area contributed by atoms with Crippen LogP contribution in [0.25, 0.3) is 0 Å². The predicted octanol–water partition coefficient (Wildman–Crippen LogP) is 1.78. The van der Waals surface area contributed by atoms with Gasteiger partial charge in [0.1, 0.15) is 0 Å². The van der Waals surface area contributed by atoms with Gasteiger partial charge < -0.3 is 11.1 Å². The van der Waals surface area contributed by atoms with E-state index in [4.69, 9.17) is 18.0 Å². The van der Waals surface area contributed by atoms with Crippen molar-refractivity contribution in [3.05, 3.63) is 34.9 Å². The summed E-state index contributed by atoms with van der Waals surface area (Å²) in [6.45, 7) is 6.48. The molecule has 0 atom stereocenters. The summed E-state index contributed by atoms with van der Waals surface area (Å²) in [4.78, 5) is 15.2. The van der Waals surface area contributed by atoms with Gasteiger partial charge in [-0.25, -0.2) is 0 Å². The van der Waals surface area contributed by atoms with Crippen LogP contribution in [-0.4, -0.2) is 41.5 Å². The lowest BCUT2D eigenvalue weighted by molar-refractivity contribution is 0.0913. The summed E-state index contributed by atoms with van der Waals surface area (Å²) in [5.41, 5.74) is 8.43. The van der Waals surface area contributed by atoms with Crippen LogP contribution in [-0.2, 0) is 0 Å². The summed E-state index contributed by atoms with van der Waals surface area (Å²) >= 11 is 4.93. The number of nitrogens with two attached hydrogens (primary N) is 1. The van der Waals surface area contributed by atoms with Crippen molar-refractivity contribution in [1.82, 2.24) is 10.2 Å². The molecule has 3 N–H and O–H groups in total. The molecule has 1 saturated heterocycles. The van der Waals surface area contributed by atoms with Gasteiger partial charge in [-0.1, -0.05) is 30.4 Å². The second-order valence-corrected chi connectivity index (χ2v) is 6.28. The zero-order valence-electron chi connectivity index (χ0n) is 12.7. The highest BCUT2D eigenvalue weighted by atomic mass is 32.1. The summed E-state index contributed by atoms with van der Waals surface area (Å²) in [6, 6.07) is 6.17. The molecule has 0 unspecified atom stereocenters. The number of rotatable bonds is 4. The van der Waals surface area contributed by atoms with E-state index in [9.17, 15) is 4.79 Å². The van der Waals surface area contributed by atoms with Crippen molar-refractivity contribution in [3.63, 3.8) is 0 Å². The van der Waals surface area contributed by atoms with Crippen LogP contribution in [0.2, 0.25) is 0 Å². The minimum absolute atomic E-state index is 0.0402. The summed E-state index contributed by atoms with van der Waals surface area (Å²) in [6.07, 6.45) is 1.89. The quantitative estimate of drug-likeness (QED) is 0.833. The Balaban J connectivity index is 1.92. The third-order valence-electron chi connectivity index (χ3n) is 4.01. The van der Waals surface area contributed by atoms with Gasteiger partial charge >= 0.3 is 0 Å². The molecule has 0 bridgehead atoms. The number of hydrogen-bond acceptors (Lipinski definition) is 3. The number of likely N-dealkylation sites (tertiary alicyclic amines) is 1. The molecule has 1 amide bonds. The predicted molar refractivity (Wildman–Crippen MR) is 89.6 cm³/mol. The Kier molecular flexibility index (Phi) is 5.31. The maximum Gasteiger partial charge on any atom is 0.252 e. The van der Waals surface area contributed by atoms with Crippen molar-refractivity contribution < 1.29 is 4.79 Å². The van der Waals surface area contributed by atoms with E-state index in [-0.39, 0.29) is 11.9 Å². The van der Waals surface area contributed by atoms with Gasteiger partial charge in [-0.3, -0.25) is 9.69 Å². The van der Waals surface area contributed by atoms with Crippen LogP contribution in [0.1, 0.15) is 34.3 Å². The Bertz CT molecular complexity index is 516. The maximum atomic E-state index is 12.4. The monoisotopic (exact) mass is 305 g/mol. The number of benzene rings is 1. The zero-order valence-corrected chi connectivity index (χ0v) is 13.5. The number of thiocarbonyl (C=S) groups is 1. The lowest BCUT2D eigenvalue weighted by Crippen LogP contribution is -2.46. The molecule has 21 heavy (non-hydrogen) atoms. The Morgan fingerprint density at radius 3 is 2.43 bits per heavy atom. The van der Waals surface area contributed by atoms with Crippen LogP contribution < -0.4 is 11.1 Å². The minimum Gasteiger partial charge on any atom is -0.392 e. The first-order valence-electron chi connectivity index (χ1n) is 7.35. The van der Waals surface area contributed by atoms with E-state index in [1.807, 2.05) is 32.0 Å². The molecule has 0 aromatic heterocycles. The first-order chi connectivity index (χ1) is 9.97. The van der Waals surface area contributed by atoms with Crippen LogP contribution >= 0.6 is 12.2 Å². The molecular formula is C16H23N3OS. The molecule has 0 aliphatic carbocycles. The summed E-state index contributed by atoms with van der Waals surface area (Å²) < 4.78 is 0. The topological polar surface area (TPSA) is 58.4 Å². The molecule has 1 fully saturated rings. The molecule has 1 heterocycles. The maximum absolute atomic E-state index is 12.4. The number of aryl methyl sites for hydroxylation is 2. The van der Waals surface area contributed by atoms with E-state index in [2.05, 4.69) is 10.2 Å². The fourth-order valence-corrected chi connectivity index (χ4v) is 3.07. The van der Waals surface area contributed by atoms with Gasteiger partial charge in [-0.05, 0) is 37.8 Å². The number of nitrogens with one attached hydrogen (secondary N) is 1. The van der Waals surface area contributed by atoms with Gasteiger partial charge in [-0.15, -0.1) is 0 Å². The van der Waals surface area contributed by atoms with Crippen molar-refractivity contribution in [2.45, 2.75) is 32.7 Å². The molecule has 2 rings (SSSR count). The SMILES string of the molecule is Cc1cccc(C)c1C(=O)NC1CCN(CC(N)=S)CC1. The fraction of sp³-hybridized carbons (Fsp3) is 0.500. The first kappa shape index (κ1) is 15.9. The largest absolute Gasteiger partial charge is 0.392 e. The molecule has 1 aromatic rings. The van der Waals surface area contributed by atoms with Crippen LogP contribution in [0, 0.1) is 13.8 Å². The number of nitrogens with zero attached hydrogens (tertiary/aromatic N) is 1. The Morgan fingerprint density at radius 1 is 1.33 bits per heavy atom. The second-order valence-electron chi connectivity index (χ2n) is 5.76. The summed E-state index contributed by atoms with van der Waals surface area (Å²) in [5.74, 6) is 0.0402. The summed E-state index contributed by atoms with van der Waals surface area (Å²) in [7, 11) is 0. The third kappa shape index (κ3) is 4.25. The molecule has 0 spiro atoms. The van der Waals surface area contributed by atoms with E-state index in [0.717, 1.165) is 42.6 Å². The van der Waals surface area contributed by atoms with Crippen molar-refractivity contribution in [2.24, 2.45) is 5.73 Å². The van der Waals surface area contributed by atoms with Gasteiger partial charge in [0.05, 0.1) is 4.99 Å². The average molecular weight is 305 g/mol. The van der Waals surface area contributed by atoms with Crippen molar-refractivity contribution in [2.75, 3.05) is 19.6 Å². The molecule has 1 aliphatic heterocycles. The number of carbonyl (C=O) groups excluding carboxylic acids is 1. The van der Waals surface area contributed by atoms with Crippen molar-refractivity contribution in [1.29, 1.82) is 0 Å². The molecule has 1 aromatic carbocycles. The number of hydrogen-bond donors (Lipinski definition) is 2. The highest BCUT2D eigenvalue weighted by Gasteiger charge is 2.22. The van der Waals surface area contributed by atoms with E-state index >= 15 is 0 Å². The van der Waals surface area contributed by atoms with Gasteiger partial charge in [0.2, 0.25) is 0 Å². The highest BCUT2D eigenvalue weighted by Crippen LogP contribution is 2.15. The standard InChI is InChI=1S/C16H23N3OS/c1-11-4-3-5-12(2)15(11)16(20)18-13-6-8-19(9-7-13)10-14(17)21/h3-5,13H,6-10H2,1-2H3,(H2,17,21)(H,18,20). The zero-order chi connectivity index (χ0) is 15.4. The number of piperidine rings is 1. The molecule has 114 valence electrons. The fourth-order valence-electron chi connectivity index (χ4n) is 2.89. The van der Waals surface area contributed by atoms with Gasteiger partial charge in [-0.2, -0.15) is 0 Å². The van der Waals surface area contributed by atoms with Gasteiger partial charge in [0.15, 0.2) is 0 Å². The molecular weight excluding hydrogens is 282 g/mol. The van der Waals surface area contributed by atoms with Gasteiger partial charge in [0.25, 0.3) is 5.91 Å². The Labute approximate surface area is 131 Å². The van der Waals surface area contributed by atoms with Crippen molar-refractivity contribution in [3.8, 4) is 0 Å². The second kappa shape index (κ2) is 7.00. The van der Waals surface area contributed by atoms with Crippen LogP contribution in [0.3, 0.4) is 0 Å². The molecule has 5 heteroatoms. The van der Waals surface area contributed by atoms with E-state index in [1.54, 1.807) is 0 Å². The lowest BCUT2D eigenvalue weighted by atomic mass is 10.00. The van der Waals surface area contributed by atoms with E-state index < -0.39 is 0 Å². The van der Waals surface area contributed by atoms with Crippen LogP contribution in [0.15, 0.2) is 18.2 Å². The molecule has 1 aliphatic rings. The Morgan fingerprint density at radius 2 is 1.90 bits per heavy atom. The highest BCUT2D eigenvalue weighted by molar-refractivity contribution is 7.80. The van der Waals surface area contributed by atoms with E-state index in [0.29, 0.717) is 11.5 Å². The van der Waals surface area contributed by atoms with E-state index in [1.165, 1.54) is 0 Å². The average Bonchev–Trinajstić information content (AvgIpc) is 2.40. The first-order valence-corrected chi connectivity index (χ1v) is 7.76. The lowest BCUT2D eigenvalue weighted by Gasteiger charge is -2.32. The normalized spacial score (nSPS) is 16.7. The molecule has 0 radical (unpaired) electrons. The van der Waals surface area contributed by atoms with Crippen molar-refractivity contribution >= 4 is 23.1 Å². The van der Waals surface area contributed by atoms with Crippen LogP contribution in [0.5, 0.6) is 0 Å². The number of carbonyl (C=O) groups is 1. The molecule has 0 saturated carbocycles. The minimum atomic E-state index is 0.0402. The van der Waals surface area contributed by atoms with Crippen LogP contribution in [0.4, 0.5) is 0 Å². The summed E-state index contributed by atoms with van der Waals surface area (Å²) in [5, 5.41) is 3.16. The Hall–Kier alpha value is -1.46. The number of amides is 1. The smallest absolute Gasteiger partial charge is 0.252 e. The molecule has 4 nitrogen and oxygen atoms in total.